The molecular formula is C10H14IN3O2. The smallest absolute Gasteiger partial charge is 0.280 e. The van der Waals surface area contributed by atoms with Crippen LogP contribution in [0.2, 0.25) is 0 Å². The summed E-state index contributed by atoms with van der Waals surface area (Å²) >= 11 is 1.64. The van der Waals surface area contributed by atoms with Gasteiger partial charge < -0.3 is 15.6 Å². The Morgan fingerprint density at radius 3 is 2.75 bits per heavy atom. The maximum atomic E-state index is 11.8. The van der Waals surface area contributed by atoms with Crippen LogP contribution in [0.1, 0.15) is 18.2 Å². The Morgan fingerprint density at radius 1 is 1.56 bits per heavy atom. The highest BCUT2D eigenvalue weighted by atomic mass is 127. The summed E-state index contributed by atoms with van der Waals surface area (Å²) < 4.78 is -0.182. The van der Waals surface area contributed by atoms with Crippen LogP contribution in [-0.4, -0.2) is 15.9 Å². The van der Waals surface area contributed by atoms with E-state index in [4.69, 9.17) is 0 Å². The normalized spacial score (nSPS) is 9.94. The first kappa shape index (κ1) is 13.0. The average molecular weight is 335 g/mol. The van der Waals surface area contributed by atoms with E-state index in [0.29, 0.717) is 11.4 Å². The van der Waals surface area contributed by atoms with Crippen molar-refractivity contribution < 1.29 is 4.79 Å². The second kappa shape index (κ2) is 5.88. The van der Waals surface area contributed by atoms with Gasteiger partial charge in [-0.2, -0.15) is 0 Å². The molecule has 0 aromatic carbocycles. The molecule has 6 heteroatoms. The SMILES string of the molecule is CCc1cc(=O)c(CNC(=O)I)c(NC)[nH]1. The van der Waals surface area contributed by atoms with Crippen LogP contribution < -0.4 is 16.1 Å². The fourth-order valence-corrected chi connectivity index (χ4v) is 1.57. The number of hydrogen-bond acceptors (Lipinski definition) is 3. The van der Waals surface area contributed by atoms with Crippen molar-refractivity contribution >= 4 is 32.3 Å². The highest BCUT2D eigenvalue weighted by molar-refractivity contribution is 14.1. The second-order valence-electron chi connectivity index (χ2n) is 3.24. The minimum atomic E-state index is -0.182. The number of anilines is 1. The predicted molar refractivity (Wildman–Crippen MR) is 72.2 cm³/mol. The van der Waals surface area contributed by atoms with Gasteiger partial charge in [0.05, 0.1) is 12.1 Å². The van der Waals surface area contributed by atoms with Gasteiger partial charge in [-0.25, -0.2) is 0 Å². The maximum absolute atomic E-state index is 11.8. The Kier molecular flexibility index (Phi) is 4.78. The van der Waals surface area contributed by atoms with Crippen molar-refractivity contribution in [2.45, 2.75) is 19.9 Å². The summed E-state index contributed by atoms with van der Waals surface area (Å²) in [5, 5.41) is 5.53. The molecule has 0 aliphatic rings. The monoisotopic (exact) mass is 335 g/mol. The molecule has 1 aromatic heterocycles. The summed E-state index contributed by atoms with van der Waals surface area (Å²) in [6, 6.07) is 1.57. The molecule has 1 heterocycles. The van der Waals surface area contributed by atoms with Gasteiger partial charge in [-0.05, 0) is 6.42 Å². The van der Waals surface area contributed by atoms with E-state index in [1.165, 1.54) is 0 Å². The van der Waals surface area contributed by atoms with Crippen LogP contribution in [0, 0.1) is 0 Å². The van der Waals surface area contributed by atoms with Gasteiger partial charge >= 0.3 is 0 Å². The van der Waals surface area contributed by atoms with Crippen molar-refractivity contribution in [2.75, 3.05) is 12.4 Å². The topological polar surface area (TPSA) is 74.0 Å². The molecule has 0 fully saturated rings. The Hall–Kier alpha value is -1.05. The van der Waals surface area contributed by atoms with Gasteiger partial charge in [0.25, 0.3) is 3.91 Å². The molecule has 0 spiro atoms. The lowest BCUT2D eigenvalue weighted by atomic mass is 10.2. The zero-order valence-corrected chi connectivity index (χ0v) is 11.3. The number of amides is 1. The molecule has 3 N–H and O–H groups in total. The standard InChI is InChI=1S/C10H14IN3O2/c1-3-6-4-8(15)7(5-13-10(11)16)9(12-2)14-6/h4H,3,5H2,1-2H3,(H,13,16)(H2,12,14,15). The number of nitrogens with one attached hydrogen (secondary N) is 3. The number of carbonyl (C=O) groups excluding carboxylic acids is 1. The number of carbonyl (C=O) groups is 1. The fourth-order valence-electron chi connectivity index (χ4n) is 1.38. The van der Waals surface area contributed by atoms with Gasteiger partial charge in [-0.3, -0.25) is 9.59 Å². The Bertz CT molecular complexity index is 442. The van der Waals surface area contributed by atoms with Crippen molar-refractivity contribution in [2.24, 2.45) is 0 Å². The van der Waals surface area contributed by atoms with Crippen molar-refractivity contribution in [1.29, 1.82) is 0 Å². The maximum Gasteiger partial charge on any atom is 0.280 e. The molecule has 0 aliphatic heterocycles. The summed E-state index contributed by atoms with van der Waals surface area (Å²) in [5.74, 6) is 0.662. The minimum Gasteiger partial charge on any atom is -0.374 e. The van der Waals surface area contributed by atoms with E-state index in [0.717, 1.165) is 12.1 Å². The second-order valence-corrected chi connectivity index (χ2v) is 4.22. The molecule has 1 amide bonds. The molecule has 0 saturated carbocycles. The molecule has 1 aromatic rings. The molecule has 0 saturated heterocycles. The van der Waals surface area contributed by atoms with Crippen LogP contribution >= 0.6 is 22.6 Å². The minimum absolute atomic E-state index is 0.0647. The van der Waals surface area contributed by atoms with E-state index in [-0.39, 0.29) is 15.9 Å². The van der Waals surface area contributed by atoms with E-state index in [1.807, 2.05) is 6.92 Å². The van der Waals surface area contributed by atoms with Gasteiger partial charge in [0.2, 0.25) is 0 Å². The largest absolute Gasteiger partial charge is 0.374 e. The number of aromatic nitrogens is 1. The molecule has 0 atom stereocenters. The third-order valence-electron chi connectivity index (χ3n) is 2.23. The van der Waals surface area contributed by atoms with Gasteiger partial charge in [-0.15, -0.1) is 0 Å². The van der Waals surface area contributed by atoms with Crippen LogP contribution in [0.3, 0.4) is 0 Å². The van der Waals surface area contributed by atoms with Crippen LogP contribution in [0.5, 0.6) is 0 Å². The Morgan fingerprint density at radius 2 is 2.25 bits per heavy atom. The lowest BCUT2D eigenvalue weighted by Gasteiger charge is -2.10. The van der Waals surface area contributed by atoms with Crippen LogP contribution in [0.25, 0.3) is 0 Å². The first-order chi connectivity index (χ1) is 7.58. The molecule has 0 aliphatic carbocycles. The first-order valence-electron chi connectivity index (χ1n) is 4.94. The third-order valence-corrected chi connectivity index (χ3v) is 2.61. The van der Waals surface area contributed by atoms with E-state index >= 15 is 0 Å². The molecule has 88 valence electrons. The molecule has 0 radical (unpaired) electrons. The Labute approximate surface area is 107 Å². The highest BCUT2D eigenvalue weighted by Gasteiger charge is 2.08. The van der Waals surface area contributed by atoms with Gasteiger partial charge in [0.15, 0.2) is 5.43 Å². The molecular weight excluding hydrogens is 321 g/mol. The van der Waals surface area contributed by atoms with E-state index in [9.17, 15) is 9.59 Å². The van der Waals surface area contributed by atoms with Crippen LogP contribution in [0.15, 0.2) is 10.9 Å². The van der Waals surface area contributed by atoms with Crippen LogP contribution in [-0.2, 0) is 13.0 Å². The lowest BCUT2D eigenvalue weighted by Crippen LogP contribution is -2.23. The average Bonchev–Trinajstić information content (AvgIpc) is 2.26. The van der Waals surface area contributed by atoms with Crippen molar-refractivity contribution in [3.05, 3.63) is 27.5 Å². The van der Waals surface area contributed by atoms with Crippen LogP contribution in [0.4, 0.5) is 10.6 Å². The van der Waals surface area contributed by atoms with Gasteiger partial charge in [-0.1, -0.05) is 6.92 Å². The molecule has 5 nitrogen and oxygen atoms in total. The molecule has 1 rings (SSSR count). The zero-order chi connectivity index (χ0) is 12.1. The van der Waals surface area contributed by atoms with Crippen molar-refractivity contribution in [1.82, 2.24) is 10.3 Å². The lowest BCUT2D eigenvalue weighted by molar-refractivity contribution is 0.262. The predicted octanol–water partition coefficient (Wildman–Crippen LogP) is 1.62. The highest BCUT2D eigenvalue weighted by Crippen LogP contribution is 2.09. The van der Waals surface area contributed by atoms with E-state index < -0.39 is 0 Å². The number of aromatic amines is 1. The zero-order valence-electron chi connectivity index (χ0n) is 9.19. The van der Waals surface area contributed by atoms with E-state index in [2.05, 4.69) is 15.6 Å². The number of H-pyrrole nitrogens is 1. The quantitative estimate of drug-likeness (QED) is 0.445. The number of rotatable bonds is 4. The third kappa shape index (κ3) is 3.22. The summed E-state index contributed by atoms with van der Waals surface area (Å²) in [4.78, 5) is 25.7. The summed E-state index contributed by atoms with van der Waals surface area (Å²) in [6.07, 6.45) is 0.767. The summed E-state index contributed by atoms with van der Waals surface area (Å²) in [6.45, 7) is 2.20. The van der Waals surface area contributed by atoms with E-state index in [1.54, 1.807) is 35.7 Å². The molecule has 0 unspecified atom stereocenters. The van der Waals surface area contributed by atoms with Crippen molar-refractivity contribution in [3.63, 3.8) is 0 Å². The fraction of sp³-hybridized carbons (Fsp3) is 0.400. The van der Waals surface area contributed by atoms with Gasteiger partial charge in [0.1, 0.15) is 5.82 Å². The Balaban J connectivity index is 3.06. The number of halogens is 1. The number of pyridine rings is 1. The first-order valence-corrected chi connectivity index (χ1v) is 6.02. The molecule has 16 heavy (non-hydrogen) atoms. The number of hydrogen-bond donors (Lipinski definition) is 3. The number of aryl methyl sites for hydroxylation is 1. The summed E-state index contributed by atoms with van der Waals surface area (Å²) in [7, 11) is 1.74. The summed E-state index contributed by atoms with van der Waals surface area (Å²) in [5.41, 5.74) is 1.36. The van der Waals surface area contributed by atoms with Crippen molar-refractivity contribution in [3.8, 4) is 0 Å². The van der Waals surface area contributed by atoms with Gasteiger partial charge in [0, 0.05) is 41.4 Å². The molecule has 0 bridgehead atoms.